The second kappa shape index (κ2) is 13.5. The molecule has 0 aromatic carbocycles. The van der Waals surface area contributed by atoms with Crippen molar-refractivity contribution in [1.82, 2.24) is 9.97 Å². The van der Waals surface area contributed by atoms with Crippen LogP contribution in [0.2, 0.25) is 0 Å². The van der Waals surface area contributed by atoms with Gasteiger partial charge in [-0.3, -0.25) is 28.2 Å². The fourth-order valence-electron chi connectivity index (χ4n) is 3.69. The van der Waals surface area contributed by atoms with E-state index in [0.717, 1.165) is 18.3 Å². The number of hydrogen-bond donors (Lipinski definition) is 4. The number of pyridine rings is 2. The van der Waals surface area contributed by atoms with Crippen LogP contribution in [0.3, 0.4) is 0 Å². The predicted octanol–water partition coefficient (Wildman–Crippen LogP) is 5.03. The molecule has 0 aliphatic heterocycles. The molecule has 38 heavy (non-hydrogen) atoms. The lowest BCUT2D eigenvalue weighted by molar-refractivity contribution is 0.195. The lowest BCUT2D eigenvalue weighted by Crippen LogP contribution is -2.12. The highest BCUT2D eigenvalue weighted by Gasteiger charge is 2.52. The average Bonchev–Trinajstić information content (AvgIpc) is 2.78. The Bertz CT molecular complexity index is 1210. The number of hydrogen-bond acceptors (Lipinski definition) is 10. The minimum absolute atomic E-state index is 0.0275. The molecule has 214 valence electrons. The van der Waals surface area contributed by atoms with Gasteiger partial charge in [-0.1, -0.05) is 0 Å². The van der Waals surface area contributed by atoms with Crippen molar-refractivity contribution in [2.45, 2.75) is 38.5 Å². The van der Waals surface area contributed by atoms with Crippen LogP contribution in [-0.4, -0.2) is 56.0 Å². The number of aromatic nitrogens is 2. The summed E-state index contributed by atoms with van der Waals surface area (Å²) in [4.78, 5) is 46.6. The standard InChI is InChI=1S/C20H32N2O12P4/c1-5-31-37(29,32-6-2)20(38(30,33-7-3)34-8-4)16-10-12-22-18(14-16)17-13-15(9-11-21-17)19(35(23,24)25)36(26,27)28/h9-14,19-20H,5-8H2,1-4H3,(H2,23,24,25)(H2,26,27,28). The first-order valence-corrected chi connectivity index (χ1v) is 18.1. The van der Waals surface area contributed by atoms with E-state index >= 15 is 0 Å². The second-order valence-corrected chi connectivity index (χ2v) is 16.1. The van der Waals surface area contributed by atoms with Gasteiger partial charge in [-0.2, -0.15) is 0 Å². The van der Waals surface area contributed by atoms with Crippen molar-refractivity contribution in [3.05, 3.63) is 47.8 Å². The first-order chi connectivity index (χ1) is 17.7. The van der Waals surface area contributed by atoms with Gasteiger partial charge in [-0.05, 0) is 63.1 Å². The predicted molar refractivity (Wildman–Crippen MR) is 139 cm³/mol. The van der Waals surface area contributed by atoms with E-state index in [1.165, 1.54) is 18.3 Å². The summed E-state index contributed by atoms with van der Waals surface area (Å²) in [5.41, 5.74) is -0.229. The van der Waals surface area contributed by atoms with Crippen molar-refractivity contribution >= 4 is 30.4 Å². The zero-order valence-corrected chi connectivity index (χ0v) is 24.8. The number of rotatable bonds is 15. The molecule has 2 aromatic heterocycles. The third-order valence-electron chi connectivity index (χ3n) is 4.90. The van der Waals surface area contributed by atoms with Crippen molar-refractivity contribution in [3.63, 3.8) is 0 Å². The van der Waals surface area contributed by atoms with Gasteiger partial charge in [-0.15, -0.1) is 0 Å². The smallest absolute Gasteiger partial charge is 0.324 e. The van der Waals surface area contributed by atoms with Crippen molar-refractivity contribution in [2.24, 2.45) is 0 Å². The highest BCUT2D eigenvalue weighted by atomic mass is 31.2. The van der Waals surface area contributed by atoms with Gasteiger partial charge in [0.2, 0.25) is 0 Å². The molecule has 0 radical (unpaired) electrons. The summed E-state index contributed by atoms with van der Waals surface area (Å²) in [5.74, 6) is 0. The first kappa shape index (κ1) is 33.1. The van der Waals surface area contributed by atoms with Crippen molar-refractivity contribution < 1.29 is 55.9 Å². The van der Waals surface area contributed by atoms with Gasteiger partial charge in [0, 0.05) is 12.4 Å². The van der Waals surface area contributed by atoms with Gasteiger partial charge in [0.15, 0.2) is 10.8 Å². The Labute approximate surface area is 220 Å². The normalized spacial score (nSPS) is 13.4. The minimum Gasteiger partial charge on any atom is -0.324 e. The van der Waals surface area contributed by atoms with E-state index in [1.807, 2.05) is 0 Å². The van der Waals surface area contributed by atoms with Crippen LogP contribution in [0.5, 0.6) is 0 Å². The SMILES string of the molecule is CCOP(=O)(OCC)C(c1ccnc(-c2cc(C(P(=O)(O)O)P(=O)(O)O)ccn2)c1)P(=O)(OCC)OCC. The summed E-state index contributed by atoms with van der Waals surface area (Å²) in [5, 5.41) is -3.95. The molecule has 14 nitrogen and oxygen atoms in total. The van der Waals surface area contributed by atoms with E-state index in [2.05, 4.69) is 9.97 Å². The van der Waals surface area contributed by atoms with Crippen LogP contribution >= 0.6 is 30.4 Å². The summed E-state index contributed by atoms with van der Waals surface area (Å²) < 4.78 is 73.6. The molecule has 2 rings (SSSR count). The monoisotopic (exact) mass is 616 g/mol. The van der Waals surface area contributed by atoms with Crippen LogP contribution in [0.15, 0.2) is 36.7 Å². The fourth-order valence-corrected chi connectivity index (χ4v) is 11.8. The van der Waals surface area contributed by atoms with Gasteiger partial charge < -0.3 is 37.7 Å². The van der Waals surface area contributed by atoms with Gasteiger partial charge in [0.1, 0.15) is 0 Å². The Balaban J connectivity index is 2.76. The molecular formula is C20H32N2O12P4. The first-order valence-electron chi connectivity index (χ1n) is 11.5. The van der Waals surface area contributed by atoms with Crippen LogP contribution in [0, 0.1) is 0 Å². The minimum atomic E-state index is -5.28. The van der Waals surface area contributed by atoms with Crippen molar-refractivity contribution in [3.8, 4) is 11.4 Å². The Hall–Kier alpha value is -1.10. The third kappa shape index (κ3) is 7.98. The zero-order chi connectivity index (χ0) is 28.8. The maximum absolute atomic E-state index is 13.9. The van der Waals surface area contributed by atoms with Crippen LogP contribution in [0.4, 0.5) is 0 Å². The lowest BCUT2D eigenvalue weighted by Gasteiger charge is -2.31. The molecule has 0 atom stereocenters. The molecule has 0 aliphatic rings. The topological polar surface area (TPSA) is 212 Å². The average molecular weight is 616 g/mol. The molecule has 0 saturated carbocycles. The van der Waals surface area contributed by atoms with Crippen LogP contribution in [-0.2, 0) is 36.4 Å². The largest absolute Gasteiger partial charge is 0.350 e. The molecular weight excluding hydrogens is 584 g/mol. The molecule has 4 N–H and O–H groups in total. The summed E-state index contributed by atoms with van der Waals surface area (Å²) >= 11 is 0. The molecule has 0 bridgehead atoms. The molecule has 0 spiro atoms. The molecule has 0 saturated heterocycles. The second-order valence-electron chi connectivity index (χ2n) is 7.63. The third-order valence-corrected chi connectivity index (χ3v) is 14.5. The Kier molecular flexibility index (Phi) is 11.8. The molecule has 0 amide bonds. The quantitative estimate of drug-likeness (QED) is 0.193. The molecule has 0 unspecified atom stereocenters. The highest BCUT2D eigenvalue weighted by molar-refractivity contribution is 7.72. The van der Waals surface area contributed by atoms with E-state index in [0.29, 0.717) is 0 Å². The molecule has 2 heterocycles. The van der Waals surface area contributed by atoms with Gasteiger partial charge in [0.25, 0.3) is 0 Å². The fraction of sp³-hybridized carbons (Fsp3) is 0.500. The lowest BCUT2D eigenvalue weighted by atomic mass is 10.1. The molecule has 2 aromatic rings. The van der Waals surface area contributed by atoms with Crippen molar-refractivity contribution in [2.75, 3.05) is 26.4 Å². The zero-order valence-electron chi connectivity index (χ0n) is 21.2. The maximum atomic E-state index is 13.9. The van der Waals surface area contributed by atoms with E-state index in [1.54, 1.807) is 27.7 Å². The summed E-state index contributed by atoms with van der Waals surface area (Å²) in [6, 6.07) is 4.88. The van der Waals surface area contributed by atoms with Crippen molar-refractivity contribution in [1.29, 1.82) is 0 Å². The van der Waals surface area contributed by atoms with Crippen LogP contribution in [0.1, 0.15) is 49.6 Å². The highest BCUT2D eigenvalue weighted by Crippen LogP contribution is 2.78. The summed E-state index contributed by atoms with van der Waals surface area (Å²) in [6.45, 7) is 6.17. The van der Waals surface area contributed by atoms with E-state index < -0.39 is 41.2 Å². The van der Waals surface area contributed by atoms with Crippen LogP contribution in [0.25, 0.3) is 11.4 Å². The molecule has 0 fully saturated rings. The Morgan fingerprint density at radius 2 is 0.947 bits per heavy atom. The van der Waals surface area contributed by atoms with Gasteiger partial charge >= 0.3 is 30.4 Å². The summed E-state index contributed by atoms with van der Waals surface area (Å²) in [7, 11) is -18.9. The van der Waals surface area contributed by atoms with Crippen LogP contribution < -0.4 is 0 Å². The maximum Gasteiger partial charge on any atom is 0.350 e. The molecule has 18 heteroatoms. The number of nitrogens with zero attached hydrogens (tertiary/aromatic N) is 2. The summed E-state index contributed by atoms with van der Waals surface area (Å²) in [6.07, 6.45) is 2.38. The van der Waals surface area contributed by atoms with E-state index in [4.69, 9.17) is 18.1 Å². The van der Waals surface area contributed by atoms with Gasteiger partial charge in [0.05, 0.1) is 37.8 Å². The Morgan fingerprint density at radius 3 is 1.24 bits per heavy atom. The van der Waals surface area contributed by atoms with E-state index in [9.17, 15) is 37.8 Å². The van der Waals surface area contributed by atoms with E-state index in [-0.39, 0.29) is 48.9 Å². The van der Waals surface area contributed by atoms with Gasteiger partial charge in [-0.25, -0.2) is 0 Å². The molecule has 0 aliphatic carbocycles. The Morgan fingerprint density at radius 1 is 0.632 bits per heavy atom.